The van der Waals surface area contributed by atoms with Crippen LogP contribution in [0, 0.1) is 0 Å². The molecular weight excluding hydrogens is 386 g/mol. The molecule has 1 amide bonds. The average Bonchev–Trinajstić information content (AvgIpc) is 3.37. The van der Waals surface area contributed by atoms with Crippen molar-refractivity contribution in [1.82, 2.24) is 9.88 Å². The topological polar surface area (TPSA) is 45.2 Å². The van der Waals surface area contributed by atoms with Crippen LogP contribution in [0.15, 0.2) is 59.3 Å². The number of nitrogens with zero attached hydrogens (tertiary/aromatic N) is 2. The predicted molar refractivity (Wildman–Crippen MR) is 116 cm³/mol. The van der Waals surface area contributed by atoms with Crippen molar-refractivity contribution in [1.29, 1.82) is 0 Å². The van der Waals surface area contributed by atoms with E-state index in [1.807, 2.05) is 16.8 Å². The molecule has 4 nitrogen and oxygen atoms in total. The molecule has 1 aliphatic rings. The first-order valence-corrected chi connectivity index (χ1v) is 11.0. The first-order chi connectivity index (χ1) is 13.8. The zero-order chi connectivity index (χ0) is 18.9. The number of fused-ring (bicyclic) bond motifs is 2. The zero-order valence-electron chi connectivity index (χ0n) is 15.2. The number of anilines is 1. The molecule has 1 aliphatic heterocycles. The number of thiazole rings is 1. The number of thiophene rings is 1. The maximum atomic E-state index is 12.3. The highest BCUT2D eigenvalue weighted by Crippen LogP contribution is 2.30. The molecule has 0 saturated carbocycles. The van der Waals surface area contributed by atoms with E-state index in [1.165, 1.54) is 32.5 Å². The minimum Gasteiger partial charge on any atom is -0.298 e. The molecule has 0 radical (unpaired) electrons. The maximum Gasteiger partial charge on any atom is 0.258 e. The van der Waals surface area contributed by atoms with Crippen LogP contribution in [0.5, 0.6) is 0 Å². The second-order valence-corrected chi connectivity index (χ2v) is 8.82. The molecule has 2 aromatic heterocycles. The van der Waals surface area contributed by atoms with E-state index in [-0.39, 0.29) is 5.91 Å². The summed E-state index contributed by atoms with van der Waals surface area (Å²) in [5.74, 6) is -0.0834. The van der Waals surface area contributed by atoms with Crippen molar-refractivity contribution in [2.75, 3.05) is 11.9 Å². The highest BCUT2D eigenvalue weighted by molar-refractivity contribution is 7.16. The fourth-order valence-electron chi connectivity index (χ4n) is 3.67. The molecule has 0 fully saturated rings. The van der Waals surface area contributed by atoms with E-state index in [0.29, 0.717) is 10.7 Å². The van der Waals surface area contributed by atoms with Gasteiger partial charge in [-0.25, -0.2) is 4.98 Å². The molecule has 6 heteroatoms. The van der Waals surface area contributed by atoms with Crippen LogP contribution in [0.3, 0.4) is 0 Å². The average molecular weight is 406 g/mol. The van der Waals surface area contributed by atoms with Crippen molar-refractivity contribution in [2.45, 2.75) is 19.5 Å². The molecule has 0 atom stereocenters. The van der Waals surface area contributed by atoms with Crippen molar-refractivity contribution in [3.05, 3.63) is 81.0 Å². The summed E-state index contributed by atoms with van der Waals surface area (Å²) in [6.07, 6.45) is 0.922. The number of benzene rings is 2. The Kier molecular flexibility index (Phi) is 4.68. The van der Waals surface area contributed by atoms with E-state index in [9.17, 15) is 4.79 Å². The number of aromatic nitrogens is 1. The Bertz CT molecular complexity index is 1130. The predicted octanol–water partition coefficient (Wildman–Crippen LogP) is 5.17. The lowest BCUT2D eigenvalue weighted by Crippen LogP contribution is -2.29. The van der Waals surface area contributed by atoms with Gasteiger partial charge in [0.15, 0.2) is 5.13 Å². The van der Waals surface area contributed by atoms with Gasteiger partial charge < -0.3 is 0 Å². The Morgan fingerprint density at radius 3 is 2.93 bits per heavy atom. The van der Waals surface area contributed by atoms with Crippen LogP contribution in [-0.4, -0.2) is 22.3 Å². The molecule has 28 heavy (non-hydrogen) atoms. The minimum atomic E-state index is -0.0834. The molecular formula is C22H19N3OS2. The number of hydrogen-bond donors (Lipinski definition) is 1. The highest BCUT2D eigenvalue weighted by Gasteiger charge is 2.22. The van der Waals surface area contributed by atoms with Gasteiger partial charge in [0.05, 0.1) is 11.3 Å². The molecule has 140 valence electrons. The zero-order valence-corrected chi connectivity index (χ0v) is 16.9. The lowest BCUT2D eigenvalue weighted by molar-refractivity contribution is 0.102. The standard InChI is InChI=1S/C22H19N3OS2/c26-21(17-9-11-27-14-17)24-22-23-19-8-10-25(13-20(19)28-22)12-16-6-3-5-15-4-1-2-7-18(15)16/h1-7,9,11,14H,8,10,12-13H2,(H,23,24,26). The molecule has 0 spiro atoms. The van der Waals surface area contributed by atoms with Crippen LogP contribution in [0.1, 0.15) is 26.5 Å². The summed E-state index contributed by atoms with van der Waals surface area (Å²) >= 11 is 3.12. The van der Waals surface area contributed by atoms with E-state index in [0.717, 1.165) is 31.7 Å². The quantitative estimate of drug-likeness (QED) is 0.510. The van der Waals surface area contributed by atoms with Gasteiger partial charge >= 0.3 is 0 Å². The van der Waals surface area contributed by atoms with Gasteiger partial charge in [0.1, 0.15) is 0 Å². The third kappa shape index (κ3) is 3.46. The summed E-state index contributed by atoms with van der Waals surface area (Å²) in [6, 6.07) is 16.9. The van der Waals surface area contributed by atoms with E-state index in [2.05, 4.69) is 57.7 Å². The van der Waals surface area contributed by atoms with Crippen LogP contribution < -0.4 is 5.32 Å². The van der Waals surface area contributed by atoms with E-state index in [4.69, 9.17) is 0 Å². The molecule has 2 aromatic carbocycles. The van der Waals surface area contributed by atoms with Crippen molar-refractivity contribution >= 4 is 44.5 Å². The molecule has 0 aliphatic carbocycles. The van der Waals surface area contributed by atoms with Crippen LogP contribution in [0.4, 0.5) is 5.13 Å². The fraction of sp³-hybridized carbons (Fsp3) is 0.182. The lowest BCUT2D eigenvalue weighted by atomic mass is 10.0. The second kappa shape index (κ2) is 7.47. The van der Waals surface area contributed by atoms with Crippen LogP contribution in [0.25, 0.3) is 10.8 Å². The van der Waals surface area contributed by atoms with Gasteiger partial charge in [-0.15, -0.1) is 11.3 Å². The Morgan fingerprint density at radius 2 is 2.04 bits per heavy atom. The smallest absolute Gasteiger partial charge is 0.258 e. The van der Waals surface area contributed by atoms with Gasteiger partial charge in [-0.1, -0.05) is 42.5 Å². The highest BCUT2D eigenvalue weighted by atomic mass is 32.1. The van der Waals surface area contributed by atoms with E-state index >= 15 is 0 Å². The third-order valence-electron chi connectivity index (χ3n) is 5.09. The van der Waals surface area contributed by atoms with Gasteiger partial charge in [0.2, 0.25) is 0 Å². The number of carbonyl (C=O) groups is 1. The number of amides is 1. The summed E-state index contributed by atoms with van der Waals surface area (Å²) in [5, 5.41) is 10.0. The molecule has 4 aromatic rings. The Labute approximate surface area is 171 Å². The van der Waals surface area contributed by atoms with Crippen molar-refractivity contribution < 1.29 is 4.79 Å². The molecule has 0 bridgehead atoms. The Hall–Kier alpha value is -2.54. The summed E-state index contributed by atoms with van der Waals surface area (Å²) in [5.41, 5.74) is 3.17. The summed E-state index contributed by atoms with van der Waals surface area (Å²) < 4.78 is 0. The van der Waals surface area contributed by atoms with Crippen molar-refractivity contribution in [3.8, 4) is 0 Å². The van der Waals surface area contributed by atoms with Crippen molar-refractivity contribution in [3.63, 3.8) is 0 Å². The molecule has 3 heterocycles. The molecule has 0 unspecified atom stereocenters. The number of rotatable bonds is 4. The summed E-state index contributed by atoms with van der Waals surface area (Å²) in [6.45, 7) is 2.79. The van der Waals surface area contributed by atoms with Gasteiger partial charge in [-0.3, -0.25) is 15.0 Å². The SMILES string of the molecule is O=C(Nc1nc2c(s1)CN(Cc1cccc3ccccc13)CC2)c1ccsc1. The largest absolute Gasteiger partial charge is 0.298 e. The van der Waals surface area contributed by atoms with Gasteiger partial charge in [-0.2, -0.15) is 11.3 Å². The van der Waals surface area contributed by atoms with Gasteiger partial charge in [0, 0.05) is 36.3 Å². The first kappa shape index (κ1) is 17.6. The summed E-state index contributed by atoms with van der Waals surface area (Å²) in [4.78, 5) is 20.6. The second-order valence-electron chi connectivity index (χ2n) is 6.95. The molecule has 0 saturated heterocycles. The molecule has 5 rings (SSSR count). The number of carbonyl (C=O) groups excluding carboxylic acids is 1. The lowest BCUT2D eigenvalue weighted by Gasteiger charge is -2.26. The number of hydrogen-bond acceptors (Lipinski definition) is 5. The third-order valence-corrected chi connectivity index (χ3v) is 6.77. The Morgan fingerprint density at radius 1 is 1.14 bits per heavy atom. The van der Waals surface area contributed by atoms with Crippen LogP contribution >= 0.6 is 22.7 Å². The van der Waals surface area contributed by atoms with Gasteiger partial charge in [-0.05, 0) is 27.8 Å². The van der Waals surface area contributed by atoms with Gasteiger partial charge in [0.25, 0.3) is 5.91 Å². The fourth-order valence-corrected chi connectivity index (χ4v) is 5.35. The normalized spacial score (nSPS) is 14.1. The van der Waals surface area contributed by atoms with Crippen LogP contribution in [0.2, 0.25) is 0 Å². The Balaban J connectivity index is 1.31. The van der Waals surface area contributed by atoms with Crippen molar-refractivity contribution in [2.24, 2.45) is 0 Å². The molecule has 1 N–H and O–H groups in total. The maximum absolute atomic E-state index is 12.3. The number of nitrogens with one attached hydrogen (secondary N) is 1. The minimum absolute atomic E-state index is 0.0834. The van der Waals surface area contributed by atoms with E-state index < -0.39 is 0 Å². The van der Waals surface area contributed by atoms with E-state index in [1.54, 1.807) is 11.3 Å². The first-order valence-electron chi connectivity index (χ1n) is 9.27. The monoisotopic (exact) mass is 405 g/mol. The summed E-state index contributed by atoms with van der Waals surface area (Å²) in [7, 11) is 0. The van der Waals surface area contributed by atoms with Crippen LogP contribution in [-0.2, 0) is 19.5 Å².